The number of nitrogens with zero attached hydrogens (tertiary/aromatic N) is 1. The number of benzene rings is 1. The van der Waals surface area contributed by atoms with E-state index in [1.54, 1.807) is 21.8 Å². The highest BCUT2D eigenvalue weighted by molar-refractivity contribution is 7.91. The minimum atomic E-state index is -3.40. The number of thiophene rings is 1. The molecule has 1 fully saturated rings. The number of hydrogen-bond donors (Lipinski definition) is 0. The van der Waals surface area contributed by atoms with Gasteiger partial charge >= 0.3 is 0 Å². The maximum absolute atomic E-state index is 12.7. The van der Waals surface area contributed by atoms with E-state index in [1.165, 1.54) is 11.3 Å². The van der Waals surface area contributed by atoms with Crippen LogP contribution in [-0.4, -0.2) is 38.0 Å². The molecule has 0 aliphatic carbocycles. The van der Waals surface area contributed by atoms with Crippen molar-refractivity contribution in [3.05, 3.63) is 53.4 Å². The van der Waals surface area contributed by atoms with Gasteiger partial charge in [0.1, 0.15) is 4.21 Å². The van der Waals surface area contributed by atoms with Crippen molar-refractivity contribution in [1.29, 1.82) is 0 Å². The lowest BCUT2D eigenvalue weighted by Gasteiger charge is -2.35. The van der Waals surface area contributed by atoms with Gasteiger partial charge in [-0.25, -0.2) is 8.42 Å². The van der Waals surface area contributed by atoms with E-state index in [9.17, 15) is 8.42 Å². The Hall–Kier alpha value is -1.21. The summed E-state index contributed by atoms with van der Waals surface area (Å²) in [5.74, 6) is 0. The van der Waals surface area contributed by atoms with Gasteiger partial charge in [0.25, 0.3) is 10.0 Å². The van der Waals surface area contributed by atoms with Gasteiger partial charge in [-0.2, -0.15) is 4.31 Å². The molecule has 0 amide bonds. The van der Waals surface area contributed by atoms with Crippen LogP contribution in [0, 0.1) is 0 Å². The lowest BCUT2D eigenvalue weighted by atomic mass is 10.1. The monoisotopic (exact) mass is 337 g/mol. The molecule has 22 heavy (non-hydrogen) atoms. The van der Waals surface area contributed by atoms with E-state index in [-0.39, 0.29) is 12.2 Å². The number of rotatable bonds is 4. The van der Waals surface area contributed by atoms with Crippen LogP contribution in [0.5, 0.6) is 0 Å². The Bertz CT molecular complexity index is 698. The van der Waals surface area contributed by atoms with E-state index >= 15 is 0 Å². The zero-order valence-electron chi connectivity index (χ0n) is 12.4. The first-order chi connectivity index (χ1) is 10.6. The molecule has 2 atom stereocenters. The number of sulfonamides is 1. The van der Waals surface area contributed by atoms with Gasteiger partial charge in [-0.05, 0) is 30.4 Å². The maximum atomic E-state index is 12.7. The van der Waals surface area contributed by atoms with Gasteiger partial charge in [0.15, 0.2) is 0 Å². The van der Waals surface area contributed by atoms with E-state index in [0.717, 1.165) is 12.0 Å². The van der Waals surface area contributed by atoms with Gasteiger partial charge in [0.05, 0.1) is 12.2 Å². The zero-order valence-corrected chi connectivity index (χ0v) is 14.0. The molecule has 6 heteroatoms. The van der Waals surface area contributed by atoms with Crippen LogP contribution >= 0.6 is 11.3 Å². The van der Waals surface area contributed by atoms with Crippen LogP contribution in [0.15, 0.2) is 52.1 Å². The largest absolute Gasteiger partial charge is 0.372 e. The molecular weight excluding hydrogens is 318 g/mol. The van der Waals surface area contributed by atoms with E-state index in [4.69, 9.17) is 4.74 Å². The van der Waals surface area contributed by atoms with Crippen molar-refractivity contribution in [3.63, 3.8) is 0 Å². The molecule has 3 rings (SSSR count). The molecule has 1 aliphatic heterocycles. The summed E-state index contributed by atoms with van der Waals surface area (Å²) < 4.78 is 33.2. The first-order valence-corrected chi connectivity index (χ1v) is 9.61. The minimum Gasteiger partial charge on any atom is -0.372 e. The summed E-state index contributed by atoms with van der Waals surface area (Å²) in [4.78, 5) is 0. The molecule has 0 bridgehead atoms. The zero-order chi connectivity index (χ0) is 15.6. The van der Waals surface area contributed by atoms with Crippen LogP contribution in [0.4, 0.5) is 0 Å². The van der Waals surface area contributed by atoms with Gasteiger partial charge in [0.2, 0.25) is 0 Å². The molecule has 1 saturated heterocycles. The highest BCUT2D eigenvalue weighted by Gasteiger charge is 2.34. The quantitative estimate of drug-likeness (QED) is 0.862. The summed E-state index contributed by atoms with van der Waals surface area (Å²) in [5.41, 5.74) is 1.16. The van der Waals surface area contributed by atoms with E-state index in [2.05, 4.69) is 0 Å². The second-order valence-electron chi connectivity index (χ2n) is 5.51. The highest BCUT2D eigenvalue weighted by Crippen LogP contribution is 2.25. The fourth-order valence-corrected chi connectivity index (χ4v) is 5.42. The van der Waals surface area contributed by atoms with E-state index in [0.29, 0.717) is 17.3 Å². The van der Waals surface area contributed by atoms with Crippen LogP contribution in [-0.2, 0) is 21.2 Å². The number of hydrogen-bond acceptors (Lipinski definition) is 4. The predicted octanol–water partition coefficient (Wildman–Crippen LogP) is 2.77. The smallest absolute Gasteiger partial charge is 0.252 e. The Morgan fingerprint density at radius 2 is 1.95 bits per heavy atom. The van der Waals surface area contributed by atoms with Crippen molar-refractivity contribution < 1.29 is 13.2 Å². The van der Waals surface area contributed by atoms with Crippen molar-refractivity contribution in [2.24, 2.45) is 0 Å². The summed E-state index contributed by atoms with van der Waals surface area (Å²) in [6, 6.07) is 13.5. The van der Waals surface area contributed by atoms with Gasteiger partial charge in [-0.15, -0.1) is 11.3 Å². The van der Waals surface area contributed by atoms with E-state index in [1.807, 2.05) is 37.3 Å². The molecule has 1 aliphatic rings. The molecule has 0 saturated carbocycles. The van der Waals surface area contributed by atoms with Crippen LogP contribution in [0.3, 0.4) is 0 Å². The van der Waals surface area contributed by atoms with Crippen molar-refractivity contribution in [2.45, 2.75) is 29.8 Å². The van der Waals surface area contributed by atoms with Crippen LogP contribution in [0.2, 0.25) is 0 Å². The average Bonchev–Trinajstić information content (AvgIpc) is 3.02. The number of morpholine rings is 1. The summed E-state index contributed by atoms with van der Waals surface area (Å²) in [6.07, 6.45) is 0.514. The van der Waals surface area contributed by atoms with Crippen molar-refractivity contribution in [2.75, 3.05) is 13.1 Å². The third kappa shape index (κ3) is 3.41. The molecule has 0 spiro atoms. The van der Waals surface area contributed by atoms with Crippen LogP contribution in [0.25, 0.3) is 0 Å². The standard InChI is InChI=1S/C16H19NO3S2/c1-13-11-17(22(18,19)16-8-5-9-21-16)12-15(20-13)10-14-6-3-2-4-7-14/h2-9,13,15H,10-12H2,1H3. The van der Waals surface area contributed by atoms with Crippen molar-refractivity contribution in [3.8, 4) is 0 Å². The second kappa shape index (κ2) is 6.50. The molecule has 1 aromatic heterocycles. The first-order valence-electron chi connectivity index (χ1n) is 7.29. The van der Waals surface area contributed by atoms with Gasteiger partial charge in [-0.1, -0.05) is 36.4 Å². The summed E-state index contributed by atoms with van der Waals surface area (Å²) in [5, 5.41) is 1.79. The Morgan fingerprint density at radius 3 is 2.64 bits per heavy atom. The second-order valence-corrected chi connectivity index (χ2v) is 8.63. The predicted molar refractivity (Wildman–Crippen MR) is 87.6 cm³/mol. The molecule has 118 valence electrons. The molecule has 4 nitrogen and oxygen atoms in total. The molecule has 0 N–H and O–H groups in total. The Kier molecular flexibility index (Phi) is 4.63. The fraction of sp³-hybridized carbons (Fsp3) is 0.375. The maximum Gasteiger partial charge on any atom is 0.252 e. The Balaban J connectivity index is 1.76. The Morgan fingerprint density at radius 1 is 1.18 bits per heavy atom. The normalized spacial score (nSPS) is 23.5. The Labute approximate surface area is 135 Å². The van der Waals surface area contributed by atoms with E-state index < -0.39 is 10.0 Å². The SMILES string of the molecule is CC1CN(S(=O)(=O)c2cccs2)CC(Cc2ccccc2)O1. The molecule has 2 unspecified atom stereocenters. The first kappa shape index (κ1) is 15.7. The van der Waals surface area contributed by atoms with Crippen LogP contribution in [0.1, 0.15) is 12.5 Å². The van der Waals surface area contributed by atoms with Gasteiger partial charge < -0.3 is 4.74 Å². The fourth-order valence-electron chi connectivity index (χ4n) is 2.73. The van der Waals surface area contributed by atoms with Gasteiger partial charge in [0, 0.05) is 13.1 Å². The number of ether oxygens (including phenoxy) is 1. The summed E-state index contributed by atoms with van der Waals surface area (Å²) >= 11 is 1.26. The summed E-state index contributed by atoms with van der Waals surface area (Å²) in [6.45, 7) is 2.74. The lowest BCUT2D eigenvalue weighted by molar-refractivity contribution is -0.0528. The summed E-state index contributed by atoms with van der Waals surface area (Å²) in [7, 11) is -3.40. The molecular formula is C16H19NO3S2. The molecule has 2 heterocycles. The lowest BCUT2D eigenvalue weighted by Crippen LogP contribution is -2.49. The van der Waals surface area contributed by atoms with Crippen molar-refractivity contribution >= 4 is 21.4 Å². The minimum absolute atomic E-state index is 0.0998. The molecule has 1 aromatic carbocycles. The highest BCUT2D eigenvalue weighted by atomic mass is 32.2. The third-order valence-corrected chi connectivity index (χ3v) is 6.89. The van der Waals surface area contributed by atoms with Crippen LogP contribution < -0.4 is 0 Å². The average molecular weight is 337 g/mol. The molecule has 2 aromatic rings. The van der Waals surface area contributed by atoms with Gasteiger partial charge in [-0.3, -0.25) is 0 Å². The molecule has 0 radical (unpaired) electrons. The van der Waals surface area contributed by atoms with Crippen molar-refractivity contribution in [1.82, 2.24) is 4.31 Å². The third-order valence-electron chi connectivity index (χ3n) is 3.69. The topological polar surface area (TPSA) is 46.6 Å².